The third kappa shape index (κ3) is 3.54. The Bertz CT molecular complexity index is 268. The molecule has 0 N–H and O–H groups in total. The molecule has 2 heteroatoms. The third-order valence-corrected chi connectivity index (χ3v) is 2.65. The van der Waals surface area contributed by atoms with E-state index in [1.54, 1.807) is 0 Å². The van der Waals surface area contributed by atoms with Gasteiger partial charge in [-0.15, -0.1) is 0 Å². The molecule has 1 aromatic heterocycles. The van der Waals surface area contributed by atoms with Gasteiger partial charge in [-0.2, -0.15) is 0 Å². The van der Waals surface area contributed by atoms with Crippen LogP contribution in [0.3, 0.4) is 0 Å². The molecule has 84 valence electrons. The molecule has 0 fully saturated rings. The van der Waals surface area contributed by atoms with Gasteiger partial charge in [0, 0.05) is 12.3 Å². The Morgan fingerprint density at radius 1 is 1.27 bits per heavy atom. The third-order valence-electron chi connectivity index (χ3n) is 2.65. The van der Waals surface area contributed by atoms with Crippen LogP contribution in [-0.4, -0.2) is 11.6 Å². The van der Waals surface area contributed by atoms with Gasteiger partial charge in [0.15, 0.2) is 0 Å². The maximum atomic E-state index is 5.32. The second-order valence-electron chi connectivity index (χ2n) is 3.76. The molecule has 0 aliphatic carbocycles. The number of hydrogen-bond donors (Lipinski definition) is 0. The predicted octanol–water partition coefficient (Wildman–Crippen LogP) is 3.77. The van der Waals surface area contributed by atoms with Gasteiger partial charge in [0.25, 0.3) is 0 Å². The number of ether oxygens (including phenoxy) is 1. The van der Waals surface area contributed by atoms with Crippen molar-refractivity contribution in [1.82, 2.24) is 4.98 Å². The van der Waals surface area contributed by atoms with E-state index >= 15 is 0 Å². The molecule has 1 atom stereocenters. The highest BCUT2D eigenvalue weighted by Gasteiger charge is 2.08. The molecular weight excluding hydrogens is 186 g/mol. The number of nitrogens with zero attached hydrogens (tertiary/aromatic N) is 1. The van der Waals surface area contributed by atoms with Gasteiger partial charge in [-0.1, -0.05) is 26.3 Å². The topological polar surface area (TPSA) is 22.1 Å². The fourth-order valence-electron chi connectivity index (χ4n) is 1.82. The Kier molecular flexibility index (Phi) is 5.16. The molecule has 0 aromatic carbocycles. The van der Waals surface area contributed by atoms with Gasteiger partial charge < -0.3 is 4.74 Å². The minimum absolute atomic E-state index is 0.651. The lowest BCUT2D eigenvalue weighted by molar-refractivity contribution is 0.326. The summed E-state index contributed by atoms with van der Waals surface area (Å²) < 4.78 is 5.32. The monoisotopic (exact) mass is 207 g/mol. The molecule has 2 nitrogen and oxygen atoms in total. The lowest BCUT2D eigenvalue weighted by Gasteiger charge is -2.13. The standard InChI is InChI=1S/C13H21NO/c1-4-7-11(5-2)12-8-9-13(14-10-12)15-6-3/h8-11H,4-7H2,1-3H3. The van der Waals surface area contributed by atoms with Crippen LogP contribution in [0.5, 0.6) is 5.88 Å². The lowest BCUT2D eigenvalue weighted by atomic mass is 9.93. The summed E-state index contributed by atoms with van der Waals surface area (Å²) in [5, 5.41) is 0. The zero-order valence-electron chi connectivity index (χ0n) is 9.99. The first-order valence-corrected chi connectivity index (χ1v) is 5.90. The molecule has 1 unspecified atom stereocenters. The molecular formula is C13H21NO. The molecule has 0 saturated heterocycles. The van der Waals surface area contributed by atoms with E-state index in [-0.39, 0.29) is 0 Å². The van der Waals surface area contributed by atoms with E-state index in [1.165, 1.54) is 24.8 Å². The maximum absolute atomic E-state index is 5.32. The van der Waals surface area contributed by atoms with Gasteiger partial charge in [0.2, 0.25) is 5.88 Å². The van der Waals surface area contributed by atoms with Crippen LogP contribution in [-0.2, 0) is 0 Å². The number of aromatic nitrogens is 1. The van der Waals surface area contributed by atoms with Crippen molar-refractivity contribution >= 4 is 0 Å². The summed E-state index contributed by atoms with van der Waals surface area (Å²) in [5.41, 5.74) is 1.34. The largest absolute Gasteiger partial charge is 0.478 e. The van der Waals surface area contributed by atoms with E-state index in [9.17, 15) is 0 Å². The summed E-state index contributed by atoms with van der Waals surface area (Å²) in [5.74, 6) is 1.38. The van der Waals surface area contributed by atoms with Crippen molar-refractivity contribution in [3.63, 3.8) is 0 Å². The second kappa shape index (κ2) is 6.44. The molecule has 0 radical (unpaired) electrons. The van der Waals surface area contributed by atoms with E-state index in [4.69, 9.17) is 4.74 Å². The van der Waals surface area contributed by atoms with Crippen molar-refractivity contribution in [3.05, 3.63) is 23.9 Å². The summed E-state index contributed by atoms with van der Waals surface area (Å²) in [6, 6.07) is 4.11. The van der Waals surface area contributed by atoms with Crippen LogP contribution in [0, 0.1) is 0 Å². The molecule has 1 heterocycles. The van der Waals surface area contributed by atoms with E-state index in [0.29, 0.717) is 12.5 Å². The molecule has 0 saturated carbocycles. The quantitative estimate of drug-likeness (QED) is 0.708. The summed E-state index contributed by atoms with van der Waals surface area (Å²) in [4.78, 5) is 4.30. The van der Waals surface area contributed by atoms with Crippen LogP contribution in [0.25, 0.3) is 0 Å². The highest BCUT2D eigenvalue weighted by molar-refractivity contribution is 5.21. The van der Waals surface area contributed by atoms with Gasteiger partial charge in [-0.3, -0.25) is 0 Å². The second-order valence-corrected chi connectivity index (χ2v) is 3.76. The molecule has 0 spiro atoms. The normalized spacial score (nSPS) is 12.5. The Hall–Kier alpha value is -1.05. The van der Waals surface area contributed by atoms with Crippen LogP contribution in [0.2, 0.25) is 0 Å². The van der Waals surface area contributed by atoms with Crippen molar-refractivity contribution in [1.29, 1.82) is 0 Å². The van der Waals surface area contributed by atoms with Crippen LogP contribution in [0.1, 0.15) is 51.5 Å². The van der Waals surface area contributed by atoms with E-state index < -0.39 is 0 Å². The van der Waals surface area contributed by atoms with E-state index in [2.05, 4.69) is 24.9 Å². The first-order valence-electron chi connectivity index (χ1n) is 5.90. The number of hydrogen-bond acceptors (Lipinski definition) is 2. The highest BCUT2D eigenvalue weighted by atomic mass is 16.5. The van der Waals surface area contributed by atoms with Crippen LogP contribution in [0.4, 0.5) is 0 Å². The summed E-state index contributed by atoms with van der Waals surface area (Å²) in [6.45, 7) is 7.11. The first-order chi connectivity index (χ1) is 7.31. The van der Waals surface area contributed by atoms with Gasteiger partial charge >= 0.3 is 0 Å². The minimum Gasteiger partial charge on any atom is -0.478 e. The average Bonchev–Trinajstić information content (AvgIpc) is 2.28. The van der Waals surface area contributed by atoms with Crippen LogP contribution < -0.4 is 4.74 Å². The highest BCUT2D eigenvalue weighted by Crippen LogP contribution is 2.24. The molecule has 0 amide bonds. The van der Waals surface area contributed by atoms with Gasteiger partial charge in [0.05, 0.1) is 6.61 Å². The molecule has 1 rings (SSSR count). The smallest absolute Gasteiger partial charge is 0.213 e. The van der Waals surface area contributed by atoms with Gasteiger partial charge in [-0.25, -0.2) is 4.98 Å². The molecule has 0 aliphatic rings. The van der Waals surface area contributed by atoms with Crippen LogP contribution in [0.15, 0.2) is 18.3 Å². The van der Waals surface area contributed by atoms with Gasteiger partial charge in [-0.05, 0) is 31.2 Å². The maximum Gasteiger partial charge on any atom is 0.213 e. The Labute approximate surface area is 92.7 Å². The Morgan fingerprint density at radius 2 is 2.07 bits per heavy atom. The summed E-state index contributed by atoms with van der Waals surface area (Å²) in [6.07, 6.45) is 5.61. The first kappa shape index (κ1) is 12.0. The number of pyridine rings is 1. The molecule has 15 heavy (non-hydrogen) atoms. The SMILES string of the molecule is CCCC(CC)c1ccc(OCC)nc1. The van der Waals surface area contributed by atoms with Crippen molar-refractivity contribution in [2.75, 3.05) is 6.61 Å². The zero-order chi connectivity index (χ0) is 11.1. The zero-order valence-corrected chi connectivity index (χ0v) is 9.99. The van der Waals surface area contributed by atoms with E-state index in [1.807, 2.05) is 19.2 Å². The molecule has 1 aromatic rings. The van der Waals surface area contributed by atoms with E-state index in [0.717, 1.165) is 5.88 Å². The van der Waals surface area contributed by atoms with Crippen molar-refractivity contribution < 1.29 is 4.74 Å². The fraction of sp³-hybridized carbons (Fsp3) is 0.615. The lowest BCUT2D eigenvalue weighted by Crippen LogP contribution is -1.99. The summed E-state index contributed by atoms with van der Waals surface area (Å²) in [7, 11) is 0. The average molecular weight is 207 g/mol. The Balaban J connectivity index is 2.68. The van der Waals surface area contributed by atoms with Crippen molar-refractivity contribution in [2.45, 2.75) is 46.0 Å². The Morgan fingerprint density at radius 3 is 2.53 bits per heavy atom. The predicted molar refractivity (Wildman–Crippen MR) is 63.3 cm³/mol. The molecule has 0 bridgehead atoms. The van der Waals surface area contributed by atoms with Crippen LogP contribution >= 0.6 is 0 Å². The van der Waals surface area contributed by atoms with Gasteiger partial charge in [0.1, 0.15) is 0 Å². The minimum atomic E-state index is 0.651. The van der Waals surface area contributed by atoms with Crippen molar-refractivity contribution in [3.8, 4) is 5.88 Å². The fourth-order valence-corrected chi connectivity index (χ4v) is 1.82. The molecule has 0 aliphatic heterocycles. The van der Waals surface area contributed by atoms with Crippen molar-refractivity contribution in [2.24, 2.45) is 0 Å². The summed E-state index contributed by atoms with van der Waals surface area (Å²) >= 11 is 0. The number of rotatable bonds is 6.